The van der Waals surface area contributed by atoms with Gasteiger partial charge in [0.15, 0.2) is 0 Å². The Kier molecular flexibility index (Phi) is 6.17. The van der Waals surface area contributed by atoms with Crippen LogP contribution in [0.4, 0.5) is 0 Å². The number of nitrogens with zero attached hydrogens (tertiary/aromatic N) is 2. The van der Waals surface area contributed by atoms with Gasteiger partial charge in [0.1, 0.15) is 0 Å². The van der Waals surface area contributed by atoms with Gasteiger partial charge in [-0.1, -0.05) is 0 Å². The van der Waals surface area contributed by atoms with Crippen molar-refractivity contribution in [2.75, 3.05) is 53.4 Å². The van der Waals surface area contributed by atoms with Crippen LogP contribution in [-0.4, -0.2) is 74.4 Å². The van der Waals surface area contributed by atoms with Crippen molar-refractivity contribution in [3.63, 3.8) is 0 Å². The highest BCUT2D eigenvalue weighted by atomic mass is 16.3. The molecular formula is C11H25N3O. The zero-order chi connectivity index (χ0) is 11.1. The first-order valence-electron chi connectivity index (χ1n) is 5.94. The summed E-state index contributed by atoms with van der Waals surface area (Å²) in [4.78, 5) is 4.48. The van der Waals surface area contributed by atoms with Gasteiger partial charge in [0, 0.05) is 26.2 Å². The summed E-state index contributed by atoms with van der Waals surface area (Å²) in [6, 6.07) is 0. The molecule has 0 aliphatic carbocycles. The lowest BCUT2D eigenvalue weighted by atomic mass is 10.3. The minimum absolute atomic E-state index is 0.251. The maximum absolute atomic E-state index is 9.59. The highest BCUT2D eigenvalue weighted by molar-refractivity contribution is 4.68. The maximum atomic E-state index is 9.59. The molecule has 1 atom stereocenters. The molecule has 1 heterocycles. The van der Waals surface area contributed by atoms with Crippen molar-refractivity contribution >= 4 is 0 Å². The molecule has 0 amide bonds. The van der Waals surface area contributed by atoms with Crippen LogP contribution in [0.3, 0.4) is 0 Å². The summed E-state index contributed by atoms with van der Waals surface area (Å²) in [5.41, 5.74) is 0. The summed E-state index contributed by atoms with van der Waals surface area (Å²) in [5, 5.41) is 12.9. The molecule has 0 spiro atoms. The third-order valence-electron chi connectivity index (χ3n) is 2.76. The van der Waals surface area contributed by atoms with E-state index in [-0.39, 0.29) is 6.10 Å². The zero-order valence-corrected chi connectivity index (χ0v) is 10.1. The topological polar surface area (TPSA) is 38.7 Å². The summed E-state index contributed by atoms with van der Waals surface area (Å²) >= 11 is 0. The minimum Gasteiger partial charge on any atom is -0.390 e. The molecular weight excluding hydrogens is 190 g/mol. The van der Waals surface area contributed by atoms with Crippen LogP contribution in [0.1, 0.15) is 12.8 Å². The fourth-order valence-corrected chi connectivity index (χ4v) is 2.00. The van der Waals surface area contributed by atoms with E-state index < -0.39 is 0 Å². The van der Waals surface area contributed by atoms with E-state index in [2.05, 4.69) is 10.2 Å². The molecule has 1 aliphatic heterocycles. The van der Waals surface area contributed by atoms with Crippen LogP contribution in [0.15, 0.2) is 0 Å². The maximum Gasteiger partial charge on any atom is 0.0791 e. The van der Waals surface area contributed by atoms with Crippen LogP contribution in [0.25, 0.3) is 0 Å². The summed E-state index contributed by atoms with van der Waals surface area (Å²) in [6.07, 6.45) is 2.45. The second-order valence-electron chi connectivity index (χ2n) is 4.67. The van der Waals surface area contributed by atoms with Gasteiger partial charge >= 0.3 is 0 Å². The van der Waals surface area contributed by atoms with Crippen LogP contribution in [-0.2, 0) is 0 Å². The van der Waals surface area contributed by atoms with Gasteiger partial charge in [0.05, 0.1) is 6.10 Å². The number of aliphatic hydroxyl groups excluding tert-OH is 1. The Hall–Kier alpha value is -0.160. The monoisotopic (exact) mass is 215 g/mol. The standard InChI is InChI=1S/C11H25N3O/c1-13(2)10-11(15)9-12-5-8-14-6-3-4-7-14/h11-12,15H,3-10H2,1-2H3. The number of hydrogen-bond donors (Lipinski definition) is 2. The van der Waals surface area contributed by atoms with Crippen molar-refractivity contribution in [3.05, 3.63) is 0 Å². The molecule has 0 aromatic rings. The van der Waals surface area contributed by atoms with Crippen LogP contribution < -0.4 is 5.32 Å². The highest BCUT2D eigenvalue weighted by Gasteiger charge is 2.10. The van der Waals surface area contributed by atoms with Gasteiger partial charge in [-0.25, -0.2) is 0 Å². The molecule has 4 nitrogen and oxygen atoms in total. The number of aliphatic hydroxyl groups is 1. The van der Waals surface area contributed by atoms with Crippen molar-refractivity contribution in [2.45, 2.75) is 18.9 Å². The van der Waals surface area contributed by atoms with Crippen molar-refractivity contribution in [1.82, 2.24) is 15.1 Å². The molecule has 0 bridgehead atoms. The Labute approximate surface area is 93.2 Å². The first-order valence-corrected chi connectivity index (χ1v) is 5.94. The Morgan fingerprint density at radius 2 is 2.00 bits per heavy atom. The zero-order valence-electron chi connectivity index (χ0n) is 10.1. The molecule has 1 aliphatic rings. The van der Waals surface area contributed by atoms with E-state index in [1.165, 1.54) is 25.9 Å². The molecule has 1 saturated heterocycles. The molecule has 90 valence electrons. The fraction of sp³-hybridized carbons (Fsp3) is 1.00. The fourth-order valence-electron chi connectivity index (χ4n) is 2.00. The largest absolute Gasteiger partial charge is 0.390 e. The van der Waals surface area contributed by atoms with Crippen LogP contribution in [0.2, 0.25) is 0 Å². The van der Waals surface area contributed by atoms with Crippen molar-refractivity contribution < 1.29 is 5.11 Å². The molecule has 1 rings (SSSR count). The van der Waals surface area contributed by atoms with Gasteiger partial charge < -0.3 is 20.2 Å². The van der Waals surface area contributed by atoms with Crippen LogP contribution in [0, 0.1) is 0 Å². The van der Waals surface area contributed by atoms with E-state index in [0.717, 1.165) is 19.6 Å². The molecule has 0 aromatic carbocycles. The Balaban J connectivity index is 1.91. The number of nitrogens with one attached hydrogen (secondary N) is 1. The molecule has 4 heteroatoms. The molecule has 0 saturated carbocycles. The molecule has 0 aromatic heterocycles. The average Bonchev–Trinajstić information content (AvgIpc) is 2.63. The quantitative estimate of drug-likeness (QED) is 0.567. The minimum atomic E-state index is -0.251. The van der Waals surface area contributed by atoms with Gasteiger partial charge in [-0.05, 0) is 40.0 Å². The average molecular weight is 215 g/mol. The Morgan fingerprint density at radius 3 is 2.60 bits per heavy atom. The summed E-state index contributed by atoms with van der Waals surface area (Å²) in [7, 11) is 3.96. The third kappa shape index (κ3) is 6.10. The summed E-state index contributed by atoms with van der Waals surface area (Å²) in [6.45, 7) is 6.05. The smallest absolute Gasteiger partial charge is 0.0791 e. The second-order valence-corrected chi connectivity index (χ2v) is 4.67. The highest BCUT2D eigenvalue weighted by Crippen LogP contribution is 2.05. The summed E-state index contributed by atoms with van der Waals surface area (Å²) in [5.74, 6) is 0. The van der Waals surface area contributed by atoms with E-state index in [1.54, 1.807) is 0 Å². The van der Waals surface area contributed by atoms with Crippen LogP contribution in [0.5, 0.6) is 0 Å². The van der Waals surface area contributed by atoms with E-state index in [4.69, 9.17) is 0 Å². The molecule has 0 radical (unpaired) electrons. The molecule has 15 heavy (non-hydrogen) atoms. The van der Waals surface area contributed by atoms with Gasteiger partial charge in [-0.15, -0.1) is 0 Å². The lowest BCUT2D eigenvalue weighted by molar-refractivity contribution is 0.134. The van der Waals surface area contributed by atoms with Crippen LogP contribution >= 0.6 is 0 Å². The van der Waals surface area contributed by atoms with Gasteiger partial charge in [0.25, 0.3) is 0 Å². The Morgan fingerprint density at radius 1 is 1.33 bits per heavy atom. The van der Waals surface area contributed by atoms with E-state index in [9.17, 15) is 5.11 Å². The normalized spacial score (nSPS) is 20.0. The van der Waals surface area contributed by atoms with E-state index >= 15 is 0 Å². The first kappa shape index (κ1) is 12.9. The predicted molar refractivity (Wildman–Crippen MR) is 63.1 cm³/mol. The number of rotatable bonds is 7. The summed E-state index contributed by atoms with van der Waals surface area (Å²) < 4.78 is 0. The SMILES string of the molecule is CN(C)CC(O)CNCCN1CCCC1. The number of hydrogen-bond acceptors (Lipinski definition) is 4. The number of likely N-dealkylation sites (N-methyl/N-ethyl adjacent to an activating group) is 1. The van der Waals surface area contributed by atoms with Gasteiger partial charge in [0.2, 0.25) is 0 Å². The van der Waals surface area contributed by atoms with Crippen molar-refractivity contribution in [2.24, 2.45) is 0 Å². The van der Waals surface area contributed by atoms with Gasteiger partial charge in [-0.2, -0.15) is 0 Å². The van der Waals surface area contributed by atoms with Crippen molar-refractivity contribution in [1.29, 1.82) is 0 Å². The number of likely N-dealkylation sites (tertiary alicyclic amines) is 1. The third-order valence-corrected chi connectivity index (χ3v) is 2.76. The Bertz CT molecular complexity index is 158. The molecule has 1 unspecified atom stereocenters. The predicted octanol–water partition coefficient (Wildman–Crippen LogP) is -0.406. The lowest BCUT2D eigenvalue weighted by Gasteiger charge is -2.18. The van der Waals surface area contributed by atoms with E-state index in [0.29, 0.717) is 6.54 Å². The lowest BCUT2D eigenvalue weighted by Crippen LogP contribution is -2.38. The molecule has 1 fully saturated rings. The second kappa shape index (κ2) is 7.17. The molecule has 2 N–H and O–H groups in total. The van der Waals surface area contributed by atoms with E-state index in [1.807, 2.05) is 19.0 Å². The van der Waals surface area contributed by atoms with Crippen molar-refractivity contribution in [3.8, 4) is 0 Å². The first-order chi connectivity index (χ1) is 7.18. The van der Waals surface area contributed by atoms with Gasteiger partial charge in [-0.3, -0.25) is 0 Å².